The molecule has 4 rings (SSSR count). The summed E-state index contributed by atoms with van der Waals surface area (Å²) in [6.07, 6.45) is 0. The number of nitrogens with zero attached hydrogens (tertiary/aromatic N) is 5. The summed E-state index contributed by atoms with van der Waals surface area (Å²) in [5.74, 6) is 2.20. The SMILES string of the molecule is Cc1nnc2n1CCN(C1CN(C(=O)c3cccs3)C1)C2. The number of aryl methyl sites for hydroxylation is 1. The van der Waals surface area contributed by atoms with Gasteiger partial charge in [-0.2, -0.15) is 0 Å². The lowest BCUT2D eigenvalue weighted by atomic mass is 10.1. The van der Waals surface area contributed by atoms with Crippen molar-refractivity contribution in [2.75, 3.05) is 19.6 Å². The second-order valence-corrected chi connectivity index (χ2v) is 6.57. The van der Waals surface area contributed by atoms with Gasteiger partial charge in [-0.05, 0) is 18.4 Å². The highest BCUT2D eigenvalue weighted by molar-refractivity contribution is 7.12. The fourth-order valence-corrected chi connectivity index (χ4v) is 3.73. The third kappa shape index (κ3) is 2.16. The molecular formula is C14H17N5OS. The van der Waals surface area contributed by atoms with Crippen LogP contribution in [0.4, 0.5) is 0 Å². The lowest BCUT2D eigenvalue weighted by Crippen LogP contribution is -2.61. The first-order valence-corrected chi connectivity index (χ1v) is 8.06. The van der Waals surface area contributed by atoms with Gasteiger partial charge in [-0.15, -0.1) is 21.5 Å². The number of likely N-dealkylation sites (tertiary alicyclic amines) is 1. The van der Waals surface area contributed by atoms with E-state index in [4.69, 9.17) is 0 Å². The largest absolute Gasteiger partial charge is 0.335 e. The predicted molar refractivity (Wildman–Crippen MR) is 79.2 cm³/mol. The smallest absolute Gasteiger partial charge is 0.264 e. The van der Waals surface area contributed by atoms with Crippen molar-refractivity contribution in [2.45, 2.75) is 26.1 Å². The number of aromatic nitrogens is 3. The molecule has 6 nitrogen and oxygen atoms in total. The van der Waals surface area contributed by atoms with Gasteiger partial charge in [-0.1, -0.05) is 6.07 Å². The Morgan fingerprint density at radius 2 is 2.19 bits per heavy atom. The Kier molecular flexibility index (Phi) is 3.04. The molecule has 0 radical (unpaired) electrons. The highest BCUT2D eigenvalue weighted by Gasteiger charge is 2.37. The van der Waals surface area contributed by atoms with Crippen LogP contribution in [0.2, 0.25) is 0 Å². The van der Waals surface area contributed by atoms with E-state index in [1.54, 1.807) is 0 Å². The van der Waals surface area contributed by atoms with Crippen molar-refractivity contribution >= 4 is 17.2 Å². The average molecular weight is 303 g/mol. The average Bonchev–Trinajstić information content (AvgIpc) is 3.07. The van der Waals surface area contributed by atoms with Crippen LogP contribution in [-0.2, 0) is 13.1 Å². The van der Waals surface area contributed by atoms with Crippen molar-refractivity contribution < 1.29 is 4.79 Å². The van der Waals surface area contributed by atoms with Crippen LogP contribution < -0.4 is 0 Å². The van der Waals surface area contributed by atoms with Crippen molar-refractivity contribution in [1.29, 1.82) is 0 Å². The lowest BCUT2D eigenvalue weighted by molar-refractivity contribution is 0.0170. The Balaban J connectivity index is 1.37. The Morgan fingerprint density at radius 1 is 1.33 bits per heavy atom. The van der Waals surface area contributed by atoms with Gasteiger partial charge < -0.3 is 9.47 Å². The van der Waals surface area contributed by atoms with Crippen LogP contribution in [0.1, 0.15) is 21.3 Å². The maximum absolute atomic E-state index is 12.2. The molecule has 2 aromatic heterocycles. The van der Waals surface area contributed by atoms with E-state index >= 15 is 0 Å². The zero-order chi connectivity index (χ0) is 14.4. The monoisotopic (exact) mass is 303 g/mol. The van der Waals surface area contributed by atoms with Gasteiger partial charge >= 0.3 is 0 Å². The van der Waals surface area contributed by atoms with Crippen molar-refractivity contribution in [3.63, 3.8) is 0 Å². The van der Waals surface area contributed by atoms with Gasteiger partial charge in [0.1, 0.15) is 11.6 Å². The zero-order valence-electron chi connectivity index (χ0n) is 11.9. The topological polar surface area (TPSA) is 54.3 Å². The summed E-state index contributed by atoms with van der Waals surface area (Å²) in [6, 6.07) is 4.28. The maximum Gasteiger partial charge on any atom is 0.264 e. The van der Waals surface area contributed by atoms with Crippen molar-refractivity contribution in [3.8, 4) is 0 Å². The second kappa shape index (κ2) is 4.92. The maximum atomic E-state index is 12.2. The summed E-state index contributed by atoms with van der Waals surface area (Å²) in [5, 5.41) is 10.3. The fourth-order valence-electron chi connectivity index (χ4n) is 3.04. The van der Waals surface area contributed by atoms with Crippen LogP contribution in [-0.4, -0.2) is 56.1 Å². The minimum Gasteiger partial charge on any atom is -0.335 e. The van der Waals surface area contributed by atoms with E-state index in [9.17, 15) is 4.79 Å². The van der Waals surface area contributed by atoms with Gasteiger partial charge in [0.25, 0.3) is 5.91 Å². The summed E-state index contributed by atoms with van der Waals surface area (Å²) in [4.78, 5) is 17.4. The molecule has 0 unspecified atom stereocenters. The molecule has 1 fully saturated rings. The van der Waals surface area contributed by atoms with Crippen LogP contribution in [0.25, 0.3) is 0 Å². The zero-order valence-corrected chi connectivity index (χ0v) is 12.7. The van der Waals surface area contributed by atoms with Gasteiger partial charge in [0.05, 0.1) is 11.4 Å². The number of carbonyl (C=O) groups excluding carboxylic acids is 1. The van der Waals surface area contributed by atoms with Gasteiger partial charge in [-0.3, -0.25) is 9.69 Å². The van der Waals surface area contributed by atoms with Gasteiger partial charge in [0, 0.05) is 32.2 Å². The Labute approximate surface area is 127 Å². The van der Waals surface area contributed by atoms with E-state index in [0.29, 0.717) is 6.04 Å². The number of thiophene rings is 1. The quantitative estimate of drug-likeness (QED) is 0.830. The molecule has 2 aromatic rings. The second-order valence-electron chi connectivity index (χ2n) is 5.63. The molecule has 7 heteroatoms. The van der Waals surface area contributed by atoms with Crippen LogP contribution in [0.5, 0.6) is 0 Å². The first-order chi connectivity index (χ1) is 10.2. The minimum atomic E-state index is 0.164. The summed E-state index contributed by atoms with van der Waals surface area (Å²) in [5.41, 5.74) is 0. The standard InChI is InChI=1S/C14H17N5OS/c1-10-15-16-13-9-17(4-5-19(10)13)11-7-18(8-11)14(20)12-3-2-6-21-12/h2-3,6,11H,4-5,7-9H2,1H3. The molecule has 1 amide bonds. The molecule has 0 bridgehead atoms. The van der Waals surface area contributed by atoms with Crippen molar-refractivity contribution in [3.05, 3.63) is 34.0 Å². The Morgan fingerprint density at radius 3 is 2.95 bits per heavy atom. The number of hydrogen-bond acceptors (Lipinski definition) is 5. The minimum absolute atomic E-state index is 0.164. The molecule has 2 aliphatic rings. The van der Waals surface area contributed by atoms with Crippen LogP contribution in [0, 0.1) is 6.92 Å². The number of fused-ring (bicyclic) bond motifs is 1. The number of amides is 1. The van der Waals surface area contributed by atoms with Crippen LogP contribution in [0.3, 0.4) is 0 Å². The Hall–Kier alpha value is -1.73. The summed E-state index contributed by atoms with van der Waals surface area (Å²) >= 11 is 1.51. The molecule has 0 N–H and O–H groups in total. The Bertz CT molecular complexity index is 659. The van der Waals surface area contributed by atoms with E-state index in [0.717, 1.165) is 49.2 Å². The van der Waals surface area contributed by atoms with Crippen LogP contribution in [0.15, 0.2) is 17.5 Å². The van der Waals surface area contributed by atoms with Crippen LogP contribution >= 0.6 is 11.3 Å². The molecule has 4 heterocycles. The van der Waals surface area contributed by atoms with E-state index in [2.05, 4.69) is 19.7 Å². The van der Waals surface area contributed by atoms with E-state index in [1.165, 1.54) is 11.3 Å². The molecule has 110 valence electrons. The molecular weight excluding hydrogens is 286 g/mol. The van der Waals surface area contributed by atoms with Gasteiger partial charge in [0.2, 0.25) is 0 Å². The number of hydrogen-bond donors (Lipinski definition) is 0. The lowest BCUT2D eigenvalue weighted by Gasteiger charge is -2.46. The third-order valence-electron chi connectivity index (χ3n) is 4.37. The highest BCUT2D eigenvalue weighted by Crippen LogP contribution is 2.23. The molecule has 2 aliphatic heterocycles. The molecule has 0 aliphatic carbocycles. The van der Waals surface area contributed by atoms with Gasteiger partial charge in [0.15, 0.2) is 0 Å². The molecule has 0 aromatic carbocycles. The first-order valence-electron chi connectivity index (χ1n) is 7.18. The first kappa shape index (κ1) is 13.0. The molecule has 21 heavy (non-hydrogen) atoms. The molecule has 1 saturated heterocycles. The summed E-state index contributed by atoms with van der Waals surface area (Å²) < 4.78 is 2.18. The molecule has 0 atom stereocenters. The van der Waals surface area contributed by atoms with E-state index in [1.807, 2.05) is 29.3 Å². The van der Waals surface area contributed by atoms with E-state index in [-0.39, 0.29) is 5.91 Å². The summed E-state index contributed by atoms with van der Waals surface area (Å²) in [7, 11) is 0. The molecule has 0 saturated carbocycles. The number of carbonyl (C=O) groups is 1. The fraction of sp³-hybridized carbons (Fsp3) is 0.500. The predicted octanol–water partition coefficient (Wildman–Crippen LogP) is 0.988. The highest BCUT2D eigenvalue weighted by atomic mass is 32.1. The number of rotatable bonds is 2. The normalized spacial score (nSPS) is 19.4. The van der Waals surface area contributed by atoms with E-state index < -0.39 is 0 Å². The third-order valence-corrected chi connectivity index (χ3v) is 5.22. The van der Waals surface area contributed by atoms with Crippen molar-refractivity contribution in [1.82, 2.24) is 24.6 Å². The molecule has 0 spiro atoms. The van der Waals surface area contributed by atoms with Gasteiger partial charge in [-0.25, -0.2) is 0 Å². The summed E-state index contributed by atoms with van der Waals surface area (Å²) in [6.45, 7) is 6.44. The van der Waals surface area contributed by atoms with Crippen molar-refractivity contribution in [2.24, 2.45) is 0 Å².